The van der Waals surface area contributed by atoms with E-state index in [0.29, 0.717) is 17.5 Å². The zero-order valence-electron chi connectivity index (χ0n) is 10.3. The molecular weight excluding hydrogens is 250 g/mol. The summed E-state index contributed by atoms with van der Waals surface area (Å²) >= 11 is 0. The van der Waals surface area contributed by atoms with Gasteiger partial charge in [-0.25, -0.2) is 13.1 Å². The van der Waals surface area contributed by atoms with Crippen molar-refractivity contribution in [1.29, 1.82) is 5.26 Å². The Labute approximate surface area is 108 Å². The molecule has 0 aliphatic rings. The van der Waals surface area contributed by atoms with Gasteiger partial charge in [-0.15, -0.1) is 0 Å². The zero-order valence-corrected chi connectivity index (χ0v) is 11.1. The molecule has 1 aromatic carbocycles. The predicted octanol–water partition coefficient (Wildman–Crippen LogP) is 0.715. The number of hydrogen-bond donors (Lipinski definition) is 2. The maximum absolute atomic E-state index is 11.9. The molecule has 6 heteroatoms. The first-order valence-electron chi connectivity index (χ1n) is 5.70. The minimum atomic E-state index is -3.47. The van der Waals surface area contributed by atoms with Gasteiger partial charge in [-0.1, -0.05) is 25.1 Å². The number of hydrogen-bond acceptors (Lipinski definition) is 4. The van der Waals surface area contributed by atoms with Crippen LogP contribution < -0.4 is 10.5 Å². The van der Waals surface area contributed by atoms with Gasteiger partial charge >= 0.3 is 0 Å². The van der Waals surface area contributed by atoms with Crippen LogP contribution in [0.3, 0.4) is 0 Å². The van der Waals surface area contributed by atoms with Crippen LogP contribution in [0.15, 0.2) is 24.3 Å². The van der Waals surface area contributed by atoms with Crippen LogP contribution in [0.2, 0.25) is 0 Å². The summed E-state index contributed by atoms with van der Waals surface area (Å²) in [5.74, 6) is -0.201. The Morgan fingerprint density at radius 3 is 2.67 bits per heavy atom. The first kappa shape index (κ1) is 14.6. The third kappa shape index (κ3) is 4.11. The van der Waals surface area contributed by atoms with Gasteiger partial charge in [0.05, 0.1) is 17.4 Å². The average molecular weight is 267 g/mol. The normalized spacial score (nSPS) is 12.9. The number of nitrogens with one attached hydrogen (secondary N) is 1. The monoisotopic (exact) mass is 267 g/mol. The molecule has 0 heterocycles. The summed E-state index contributed by atoms with van der Waals surface area (Å²) in [6.07, 6.45) is 0.635. The Kier molecular flexibility index (Phi) is 5.28. The Balaban J connectivity index is 2.86. The van der Waals surface area contributed by atoms with Gasteiger partial charge in [0, 0.05) is 12.6 Å². The predicted molar refractivity (Wildman–Crippen MR) is 70.0 cm³/mol. The molecule has 18 heavy (non-hydrogen) atoms. The van der Waals surface area contributed by atoms with Crippen molar-refractivity contribution in [1.82, 2.24) is 4.72 Å². The van der Waals surface area contributed by atoms with Gasteiger partial charge in [-0.05, 0) is 18.1 Å². The van der Waals surface area contributed by atoms with Crippen molar-refractivity contribution in [3.05, 3.63) is 35.4 Å². The van der Waals surface area contributed by atoms with Gasteiger partial charge in [0.1, 0.15) is 0 Å². The fourth-order valence-electron chi connectivity index (χ4n) is 1.55. The summed E-state index contributed by atoms with van der Waals surface area (Å²) in [5.41, 5.74) is 6.34. The number of nitriles is 1. The molecule has 0 aliphatic heterocycles. The number of sulfonamides is 1. The molecular formula is C12H17N3O2S. The largest absolute Gasteiger partial charge is 0.329 e. The second-order valence-electron chi connectivity index (χ2n) is 3.99. The molecule has 1 unspecified atom stereocenters. The van der Waals surface area contributed by atoms with E-state index in [1.807, 2.05) is 13.0 Å². The smallest absolute Gasteiger partial charge is 0.216 e. The van der Waals surface area contributed by atoms with Crippen LogP contribution in [0.1, 0.15) is 24.5 Å². The maximum atomic E-state index is 11.9. The second kappa shape index (κ2) is 6.50. The van der Waals surface area contributed by atoms with E-state index in [4.69, 9.17) is 11.0 Å². The molecule has 1 rings (SSSR count). The first-order valence-corrected chi connectivity index (χ1v) is 7.35. The molecule has 0 radical (unpaired) electrons. The van der Waals surface area contributed by atoms with Crippen LogP contribution >= 0.6 is 0 Å². The average Bonchev–Trinajstić information content (AvgIpc) is 2.36. The van der Waals surface area contributed by atoms with Crippen LogP contribution in [-0.2, 0) is 15.8 Å². The van der Waals surface area contributed by atoms with Crippen molar-refractivity contribution in [3.8, 4) is 6.07 Å². The second-order valence-corrected chi connectivity index (χ2v) is 5.74. The lowest BCUT2D eigenvalue weighted by molar-refractivity contribution is 0.542. The van der Waals surface area contributed by atoms with Crippen LogP contribution in [0.4, 0.5) is 0 Å². The maximum Gasteiger partial charge on any atom is 0.216 e. The van der Waals surface area contributed by atoms with E-state index >= 15 is 0 Å². The minimum Gasteiger partial charge on any atom is -0.329 e. The van der Waals surface area contributed by atoms with Crippen molar-refractivity contribution < 1.29 is 8.42 Å². The summed E-state index contributed by atoms with van der Waals surface area (Å²) in [4.78, 5) is 0. The molecule has 1 aromatic rings. The summed E-state index contributed by atoms with van der Waals surface area (Å²) in [6, 6.07) is 8.38. The molecule has 0 fully saturated rings. The molecule has 0 saturated carbocycles. The van der Waals surface area contributed by atoms with Gasteiger partial charge in [-0.3, -0.25) is 0 Å². The Morgan fingerprint density at radius 2 is 2.11 bits per heavy atom. The highest BCUT2D eigenvalue weighted by atomic mass is 32.2. The van der Waals surface area contributed by atoms with Gasteiger partial charge in [-0.2, -0.15) is 5.26 Å². The lowest BCUT2D eigenvalue weighted by Crippen LogP contribution is -2.40. The Bertz CT molecular complexity index is 530. The lowest BCUT2D eigenvalue weighted by Gasteiger charge is -2.15. The SMILES string of the molecule is CCC(CN)NS(=O)(=O)Cc1ccccc1C#N. The number of nitrogens with zero attached hydrogens (tertiary/aromatic N) is 1. The van der Waals surface area contributed by atoms with E-state index in [1.165, 1.54) is 0 Å². The summed E-state index contributed by atoms with van der Waals surface area (Å²) in [6.45, 7) is 2.12. The molecule has 0 bridgehead atoms. The fraction of sp³-hybridized carbons (Fsp3) is 0.417. The molecule has 5 nitrogen and oxygen atoms in total. The molecule has 98 valence electrons. The summed E-state index contributed by atoms with van der Waals surface area (Å²) in [7, 11) is -3.47. The van der Waals surface area contributed by atoms with E-state index in [-0.39, 0.29) is 18.3 Å². The Hall–Kier alpha value is -1.42. The van der Waals surface area contributed by atoms with Crippen molar-refractivity contribution in [2.45, 2.75) is 25.1 Å². The van der Waals surface area contributed by atoms with E-state index < -0.39 is 10.0 Å². The molecule has 0 aromatic heterocycles. The van der Waals surface area contributed by atoms with Crippen molar-refractivity contribution in [2.75, 3.05) is 6.54 Å². The molecule has 0 spiro atoms. The highest BCUT2D eigenvalue weighted by Gasteiger charge is 2.17. The molecule has 0 aliphatic carbocycles. The fourth-order valence-corrected chi connectivity index (χ4v) is 3.07. The number of benzene rings is 1. The minimum absolute atomic E-state index is 0.201. The standard InChI is InChI=1S/C12H17N3O2S/c1-2-12(8-14)15-18(16,17)9-11-6-4-3-5-10(11)7-13/h3-6,12,15H,2,8-9,14H2,1H3. The third-order valence-corrected chi connectivity index (χ3v) is 3.99. The van der Waals surface area contributed by atoms with Crippen molar-refractivity contribution in [3.63, 3.8) is 0 Å². The quantitative estimate of drug-likeness (QED) is 0.793. The van der Waals surface area contributed by atoms with Gasteiger partial charge in [0.2, 0.25) is 10.0 Å². The molecule has 3 N–H and O–H groups in total. The van der Waals surface area contributed by atoms with E-state index in [9.17, 15) is 8.42 Å². The highest BCUT2D eigenvalue weighted by Crippen LogP contribution is 2.11. The van der Waals surface area contributed by atoms with Crippen LogP contribution in [-0.4, -0.2) is 21.0 Å². The van der Waals surface area contributed by atoms with Gasteiger partial charge in [0.25, 0.3) is 0 Å². The van der Waals surface area contributed by atoms with Crippen LogP contribution in [0, 0.1) is 11.3 Å². The van der Waals surface area contributed by atoms with E-state index in [2.05, 4.69) is 4.72 Å². The Morgan fingerprint density at radius 1 is 1.44 bits per heavy atom. The molecule has 0 saturated heterocycles. The van der Waals surface area contributed by atoms with Crippen LogP contribution in [0.25, 0.3) is 0 Å². The van der Waals surface area contributed by atoms with Gasteiger partial charge < -0.3 is 5.73 Å². The van der Waals surface area contributed by atoms with Gasteiger partial charge in [0.15, 0.2) is 0 Å². The van der Waals surface area contributed by atoms with Crippen molar-refractivity contribution >= 4 is 10.0 Å². The third-order valence-electron chi connectivity index (χ3n) is 2.61. The number of rotatable bonds is 6. The zero-order chi connectivity index (χ0) is 13.6. The number of nitrogens with two attached hydrogens (primary N) is 1. The lowest BCUT2D eigenvalue weighted by atomic mass is 10.1. The highest BCUT2D eigenvalue weighted by molar-refractivity contribution is 7.88. The van der Waals surface area contributed by atoms with E-state index in [0.717, 1.165) is 0 Å². The summed E-state index contributed by atoms with van der Waals surface area (Å²) in [5, 5.41) is 8.90. The molecule has 0 amide bonds. The first-order chi connectivity index (χ1) is 8.52. The van der Waals surface area contributed by atoms with E-state index in [1.54, 1.807) is 24.3 Å². The van der Waals surface area contributed by atoms with Crippen LogP contribution in [0.5, 0.6) is 0 Å². The molecule has 1 atom stereocenters. The summed E-state index contributed by atoms with van der Waals surface area (Å²) < 4.78 is 26.4. The topological polar surface area (TPSA) is 96.0 Å². The van der Waals surface area contributed by atoms with Crippen molar-refractivity contribution in [2.24, 2.45) is 5.73 Å².